The molecule has 2 aliphatic heterocycles. The first-order valence-electron chi connectivity index (χ1n) is 7.65. The van der Waals surface area contributed by atoms with E-state index in [0.717, 1.165) is 63.7 Å². The quantitative estimate of drug-likeness (QED) is 0.814. The van der Waals surface area contributed by atoms with Crippen LogP contribution < -0.4 is 4.90 Å². The molecule has 1 aromatic heterocycles. The topological polar surface area (TPSA) is 58.6 Å². The molecule has 3 rings (SSSR count). The lowest BCUT2D eigenvalue weighted by Crippen LogP contribution is -2.39. The maximum atomic E-state index is 11.4. The first-order valence-corrected chi connectivity index (χ1v) is 7.65. The molecule has 6 nitrogen and oxygen atoms in total. The third kappa shape index (κ3) is 3.15. The molecular weight excluding hydrogens is 268 g/mol. The van der Waals surface area contributed by atoms with E-state index in [1.54, 1.807) is 19.3 Å². The van der Waals surface area contributed by atoms with Gasteiger partial charge in [-0.1, -0.05) is 0 Å². The van der Waals surface area contributed by atoms with Crippen LogP contribution in [0.25, 0.3) is 0 Å². The summed E-state index contributed by atoms with van der Waals surface area (Å²) in [6.45, 7) is 6.52. The number of nitrogens with zero attached hydrogens (tertiary/aromatic N) is 4. The Kier molecular flexibility index (Phi) is 4.34. The Bertz CT molecular complexity index is 494. The molecule has 21 heavy (non-hydrogen) atoms. The van der Waals surface area contributed by atoms with Gasteiger partial charge >= 0.3 is 0 Å². The molecule has 2 saturated heterocycles. The summed E-state index contributed by atoms with van der Waals surface area (Å²) in [5.74, 6) is 1.57. The summed E-state index contributed by atoms with van der Waals surface area (Å²) in [6.07, 6.45) is 5.47. The molecule has 0 aromatic carbocycles. The summed E-state index contributed by atoms with van der Waals surface area (Å²) in [5.41, 5.74) is 1.09. The summed E-state index contributed by atoms with van der Waals surface area (Å²) >= 11 is 0. The summed E-state index contributed by atoms with van der Waals surface area (Å²) < 4.78 is 5.41. The van der Waals surface area contributed by atoms with E-state index in [-0.39, 0.29) is 5.91 Å². The van der Waals surface area contributed by atoms with Crippen molar-refractivity contribution >= 4 is 11.7 Å². The van der Waals surface area contributed by atoms with Gasteiger partial charge in [0.2, 0.25) is 5.91 Å². The van der Waals surface area contributed by atoms with Crippen molar-refractivity contribution in [3.8, 4) is 0 Å². The number of hydrogen-bond acceptors (Lipinski definition) is 5. The second-order valence-corrected chi connectivity index (χ2v) is 5.64. The first-order chi connectivity index (χ1) is 10.3. The number of aromatic nitrogens is 2. The fourth-order valence-corrected chi connectivity index (χ4v) is 3.12. The SMILES string of the molecule is CC(=O)N1CCC(c2nccnc2N2CCOCC2)CC1. The normalized spacial score (nSPS) is 20.6. The Balaban J connectivity index is 1.75. The standard InChI is InChI=1S/C15H22N4O2/c1-12(20)18-6-2-13(3-7-18)14-15(17-5-4-16-14)19-8-10-21-11-9-19/h4-5,13H,2-3,6-11H2,1H3. The number of amides is 1. The van der Waals surface area contributed by atoms with Crippen LogP contribution in [0.5, 0.6) is 0 Å². The van der Waals surface area contributed by atoms with Gasteiger partial charge in [0, 0.05) is 51.4 Å². The van der Waals surface area contributed by atoms with E-state index in [1.807, 2.05) is 4.90 Å². The third-order valence-corrected chi connectivity index (χ3v) is 4.34. The second kappa shape index (κ2) is 6.39. The van der Waals surface area contributed by atoms with Gasteiger partial charge in [0.1, 0.15) is 0 Å². The van der Waals surface area contributed by atoms with Crippen LogP contribution in [0, 0.1) is 0 Å². The van der Waals surface area contributed by atoms with Crippen LogP contribution in [-0.4, -0.2) is 60.2 Å². The van der Waals surface area contributed by atoms with Gasteiger partial charge in [-0.15, -0.1) is 0 Å². The van der Waals surface area contributed by atoms with Crippen LogP contribution in [0.15, 0.2) is 12.4 Å². The average molecular weight is 290 g/mol. The maximum absolute atomic E-state index is 11.4. The predicted octanol–water partition coefficient (Wildman–Crippen LogP) is 1.04. The minimum absolute atomic E-state index is 0.168. The van der Waals surface area contributed by atoms with Crippen molar-refractivity contribution in [1.29, 1.82) is 0 Å². The number of carbonyl (C=O) groups excluding carboxylic acids is 1. The van der Waals surface area contributed by atoms with Gasteiger partial charge in [-0.2, -0.15) is 0 Å². The monoisotopic (exact) mass is 290 g/mol. The van der Waals surface area contributed by atoms with Gasteiger partial charge < -0.3 is 14.5 Å². The van der Waals surface area contributed by atoms with Crippen molar-refractivity contribution < 1.29 is 9.53 Å². The number of ether oxygens (including phenoxy) is 1. The van der Waals surface area contributed by atoms with Crippen LogP contribution in [0.3, 0.4) is 0 Å². The Morgan fingerprint density at radius 2 is 1.81 bits per heavy atom. The van der Waals surface area contributed by atoms with Gasteiger partial charge in [-0.25, -0.2) is 4.98 Å². The predicted molar refractivity (Wildman–Crippen MR) is 79.3 cm³/mol. The lowest BCUT2D eigenvalue weighted by atomic mass is 9.92. The summed E-state index contributed by atoms with van der Waals surface area (Å²) in [6, 6.07) is 0. The molecule has 2 fully saturated rings. The first kappa shape index (κ1) is 14.3. The molecule has 0 aliphatic carbocycles. The molecule has 0 spiro atoms. The van der Waals surface area contributed by atoms with Crippen molar-refractivity contribution in [3.63, 3.8) is 0 Å². The molecule has 1 amide bonds. The minimum Gasteiger partial charge on any atom is -0.378 e. The third-order valence-electron chi connectivity index (χ3n) is 4.34. The Morgan fingerprint density at radius 1 is 1.14 bits per heavy atom. The highest BCUT2D eigenvalue weighted by atomic mass is 16.5. The molecule has 1 aromatic rings. The molecule has 2 aliphatic rings. The van der Waals surface area contributed by atoms with Crippen LogP contribution in [-0.2, 0) is 9.53 Å². The van der Waals surface area contributed by atoms with E-state index in [9.17, 15) is 4.79 Å². The molecule has 0 saturated carbocycles. The van der Waals surface area contributed by atoms with Crippen molar-refractivity contribution in [2.75, 3.05) is 44.3 Å². The smallest absolute Gasteiger partial charge is 0.219 e. The lowest BCUT2D eigenvalue weighted by molar-refractivity contribution is -0.129. The lowest BCUT2D eigenvalue weighted by Gasteiger charge is -2.34. The number of piperidine rings is 1. The van der Waals surface area contributed by atoms with Crippen molar-refractivity contribution in [2.45, 2.75) is 25.7 Å². The minimum atomic E-state index is 0.168. The van der Waals surface area contributed by atoms with E-state index in [1.165, 1.54) is 0 Å². The highest BCUT2D eigenvalue weighted by Gasteiger charge is 2.27. The number of rotatable bonds is 2. The van der Waals surface area contributed by atoms with Gasteiger partial charge in [0.15, 0.2) is 5.82 Å². The Labute approximate surface area is 125 Å². The van der Waals surface area contributed by atoms with E-state index in [0.29, 0.717) is 5.92 Å². The molecule has 0 bridgehead atoms. The van der Waals surface area contributed by atoms with Crippen LogP contribution in [0.4, 0.5) is 5.82 Å². The molecule has 0 atom stereocenters. The summed E-state index contributed by atoms with van der Waals surface area (Å²) in [5, 5.41) is 0. The number of hydrogen-bond donors (Lipinski definition) is 0. The second-order valence-electron chi connectivity index (χ2n) is 5.64. The van der Waals surface area contributed by atoms with Crippen molar-refractivity contribution in [1.82, 2.24) is 14.9 Å². The van der Waals surface area contributed by atoms with E-state index < -0.39 is 0 Å². The summed E-state index contributed by atoms with van der Waals surface area (Å²) in [7, 11) is 0. The zero-order valence-corrected chi connectivity index (χ0v) is 12.5. The number of morpholine rings is 1. The van der Waals surface area contributed by atoms with Crippen molar-refractivity contribution in [3.05, 3.63) is 18.1 Å². The van der Waals surface area contributed by atoms with E-state index in [2.05, 4.69) is 14.9 Å². The fourth-order valence-electron chi connectivity index (χ4n) is 3.12. The molecule has 0 radical (unpaired) electrons. The maximum Gasteiger partial charge on any atom is 0.219 e. The van der Waals surface area contributed by atoms with Crippen LogP contribution in [0.1, 0.15) is 31.4 Å². The zero-order valence-electron chi connectivity index (χ0n) is 12.5. The molecular formula is C15H22N4O2. The average Bonchev–Trinajstić information content (AvgIpc) is 2.56. The highest BCUT2D eigenvalue weighted by molar-refractivity contribution is 5.73. The van der Waals surface area contributed by atoms with E-state index in [4.69, 9.17) is 4.74 Å². The zero-order chi connectivity index (χ0) is 14.7. The molecule has 0 N–H and O–H groups in total. The van der Waals surface area contributed by atoms with Gasteiger partial charge in [0.05, 0.1) is 18.9 Å². The molecule has 6 heteroatoms. The van der Waals surface area contributed by atoms with Gasteiger partial charge in [-0.3, -0.25) is 9.78 Å². The van der Waals surface area contributed by atoms with Gasteiger partial charge in [-0.05, 0) is 12.8 Å². The van der Waals surface area contributed by atoms with E-state index >= 15 is 0 Å². The fraction of sp³-hybridized carbons (Fsp3) is 0.667. The number of carbonyl (C=O) groups is 1. The van der Waals surface area contributed by atoms with Crippen LogP contribution >= 0.6 is 0 Å². The van der Waals surface area contributed by atoms with Crippen LogP contribution in [0.2, 0.25) is 0 Å². The molecule has 114 valence electrons. The highest BCUT2D eigenvalue weighted by Crippen LogP contribution is 2.32. The largest absolute Gasteiger partial charge is 0.378 e. The van der Waals surface area contributed by atoms with Gasteiger partial charge in [0.25, 0.3) is 0 Å². The Hall–Kier alpha value is -1.69. The number of anilines is 1. The summed E-state index contributed by atoms with van der Waals surface area (Å²) in [4.78, 5) is 24.8. The molecule has 0 unspecified atom stereocenters. The van der Waals surface area contributed by atoms with Crippen molar-refractivity contribution in [2.24, 2.45) is 0 Å². The molecule has 3 heterocycles. The number of likely N-dealkylation sites (tertiary alicyclic amines) is 1. The Morgan fingerprint density at radius 3 is 2.48 bits per heavy atom.